The summed E-state index contributed by atoms with van der Waals surface area (Å²) in [5.74, 6) is 0.166. The number of ether oxygens (including phenoxy) is 1. The molecule has 0 aromatic heterocycles. The number of epoxide rings is 1. The summed E-state index contributed by atoms with van der Waals surface area (Å²) >= 11 is 0. The van der Waals surface area contributed by atoms with Crippen LogP contribution in [0.4, 0.5) is 0 Å². The molecule has 1 aliphatic rings. The molecule has 82 valence electrons. The second-order valence-electron chi connectivity index (χ2n) is 4.58. The predicted molar refractivity (Wildman–Crippen MR) is 59.8 cm³/mol. The molecule has 0 unspecified atom stereocenters. The van der Waals surface area contributed by atoms with E-state index >= 15 is 0 Å². The van der Waals surface area contributed by atoms with Crippen LogP contribution in [0.3, 0.4) is 0 Å². The zero-order valence-corrected chi connectivity index (χ0v) is 9.58. The lowest BCUT2D eigenvalue weighted by molar-refractivity contribution is 0.146. The summed E-state index contributed by atoms with van der Waals surface area (Å²) in [7, 11) is 0. The molecule has 1 heterocycles. The van der Waals surface area contributed by atoms with E-state index in [0.717, 1.165) is 6.61 Å². The average molecular weight is 206 g/mol. The third-order valence-electron chi connectivity index (χ3n) is 3.36. The molecule has 2 heteroatoms. The second-order valence-corrected chi connectivity index (χ2v) is 4.58. The van der Waals surface area contributed by atoms with Gasteiger partial charge in [0.2, 0.25) is 0 Å². The van der Waals surface area contributed by atoms with Crippen LogP contribution in [0.1, 0.15) is 23.6 Å². The fourth-order valence-corrected chi connectivity index (χ4v) is 2.22. The number of aliphatic hydroxyl groups is 1. The maximum atomic E-state index is 9.24. The quantitative estimate of drug-likeness (QED) is 0.769. The van der Waals surface area contributed by atoms with Gasteiger partial charge in [0, 0.05) is 12.5 Å². The van der Waals surface area contributed by atoms with Crippen molar-refractivity contribution < 1.29 is 9.84 Å². The average Bonchev–Trinajstić information content (AvgIpc) is 2.97. The van der Waals surface area contributed by atoms with Crippen LogP contribution in [0.2, 0.25) is 0 Å². The molecule has 2 rings (SSSR count). The van der Waals surface area contributed by atoms with Crippen LogP contribution in [0, 0.1) is 19.8 Å². The normalized spacial score (nSPS) is 26.4. The molecule has 0 spiro atoms. The summed E-state index contributed by atoms with van der Waals surface area (Å²) in [6.45, 7) is 7.14. The first kappa shape index (κ1) is 10.7. The van der Waals surface area contributed by atoms with Crippen LogP contribution in [0.5, 0.6) is 0 Å². The lowest BCUT2D eigenvalue weighted by Gasteiger charge is -2.20. The molecule has 1 aliphatic heterocycles. The number of aryl methyl sites for hydroxylation is 2. The highest BCUT2D eigenvalue weighted by molar-refractivity contribution is 5.38. The highest BCUT2D eigenvalue weighted by Gasteiger charge is 2.51. The molecule has 1 aromatic carbocycles. The van der Waals surface area contributed by atoms with Crippen LogP contribution < -0.4 is 0 Å². The molecule has 0 saturated carbocycles. The molecule has 2 nitrogen and oxygen atoms in total. The van der Waals surface area contributed by atoms with E-state index in [1.54, 1.807) is 0 Å². The Morgan fingerprint density at radius 2 is 2.13 bits per heavy atom. The smallest absolute Gasteiger partial charge is 0.121 e. The van der Waals surface area contributed by atoms with E-state index in [9.17, 15) is 5.11 Å². The topological polar surface area (TPSA) is 32.8 Å². The summed E-state index contributed by atoms with van der Waals surface area (Å²) in [6.07, 6.45) is 0. The first-order valence-corrected chi connectivity index (χ1v) is 5.42. The van der Waals surface area contributed by atoms with E-state index in [0.29, 0.717) is 0 Å². The van der Waals surface area contributed by atoms with E-state index in [4.69, 9.17) is 4.74 Å². The Bertz CT molecular complexity index is 367. The molecule has 0 radical (unpaired) electrons. The summed E-state index contributed by atoms with van der Waals surface area (Å²) in [5.41, 5.74) is 3.54. The number of rotatable bonds is 3. The van der Waals surface area contributed by atoms with Crippen molar-refractivity contribution in [3.63, 3.8) is 0 Å². The molecule has 1 fully saturated rings. The van der Waals surface area contributed by atoms with Gasteiger partial charge >= 0.3 is 0 Å². The van der Waals surface area contributed by atoms with Crippen molar-refractivity contribution >= 4 is 0 Å². The number of hydrogen-bond donors (Lipinski definition) is 1. The minimum Gasteiger partial charge on any atom is -0.396 e. The van der Waals surface area contributed by atoms with Crippen molar-refractivity contribution in [1.29, 1.82) is 0 Å². The van der Waals surface area contributed by atoms with Gasteiger partial charge in [0.1, 0.15) is 5.60 Å². The van der Waals surface area contributed by atoms with Crippen molar-refractivity contribution in [3.05, 3.63) is 34.9 Å². The Morgan fingerprint density at radius 1 is 1.47 bits per heavy atom. The van der Waals surface area contributed by atoms with Crippen LogP contribution in [0.25, 0.3) is 0 Å². The molecule has 15 heavy (non-hydrogen) atoms. The molecular formula is C13H18O2. The van der Waals surface area contributed by atoms with Gasteiger partial charge in [0.25, 0.3) is 0 Å². The van der Waals surface area contributed by atoms with Crippen molar-refractivity contribution in [3.8, 4) is 0 Å². The third-order valence-corrected chi connectivity index (χ3v) is 3.36. The van der Waals surface area contributed by atoms with E-state index in [1.165, 1.54) is 16.7 Å². The van der Waals surface area contributed by atoms with Crippen molar-refractivity contribution in [2.75, 3.05) is 13.2 Å². The summed E-state index contributed by atoms with van der Waals surface area (Å²) in [4.78, 5) is 0. The van der Waals surface area contributed by atoms with Crippen molar-refractivity contribution in [2.24, 2.45) is 5.92 Å². The fourth-order valence-electron chi connectivity index (χ4n) is 2.22. The van der Waals surface area contributed by atoms with Crippen molar-refractivity contribution in [2.45, 2.75) is 26.4 Å². The highest BCUT2D eigenvalue weighted by Crippen LogP contribution is 2.46. The molecule has 0 aliphatic carbocycles. The number of aliphatic hydroxyl groups excluding tert-OH is 1. The zero-order valence-electron chi connectivity index (χ0n) is 9.58. The lowest BCUT2D eigenvalue weighted by Crippen LogP contribution is -2.23. The predicted octanol–water partition coefficient (Wildman–Crippen LogP) is 2.16. The Labute approximate surface area is 90.9 Å². The number of benzene rings is 1. The van der Waals surface area contributed by atoms with E-state index < -0.39 is 0 Å². The molecule has 1 aromatic rings. The molecule has 1 N–H and O–H groups in total. The van der Waals surface area contributed by atoms with Crippen LogP contribution >= 0.6 is 0 Å². The van der Waals surface area contributed by atoms with Gasteiger partial charge in [-0.1, -0.05) is 30.7 Å². The molecule has 0 bridgehead atoms. The minimum absolute atomic E-state index is 0.166. The number of hydrogen-bond acceptors (Lipinski definition) is 2. The van der Waals surface area contributed by atoms with Gasteiger partial charge in [0.05, 0.1) is 6.61 Å². The van der Waals surface area contributed by atoms with Crippen LogP contribution in [-0.4, -0.2) is 18.3 Å². The Morgan fingerprint density at radius 3 is 2.60 bits per heavy atom. The van der Waals surface area contributed by atoms with Gasteiger partial charge in [-0.2, -0.15) is 0 Å². The van der Waals surface area contributed by atoms with Gasteiger partial charge in [-0.15, -0.1) is 0 Å². The first-order valence-electron chi connectivity index (χ1n) is 5.42. The molecule has 1 saturated heterocycles. The van der Waals surface area contributed by atoms with Gasteiger partial charge in [0.15, 0.2) is 0 Å². The summed E-state index contributed by atoms with van der Waals surface area (Å²) in [5, 5.41) is 9.24. The Balaban J connectivity index is 2.37. The van der Waals surface area contributed by atoms with E-state index in [2.05, 4.69) is 32.0 Å². The lowest BCUT2D eigenvalue weighted by atomic mass is 9.85. The Kier molecular flexibility index (Phi) is 2.57. The van der Waals surface area contributed by atoms with Crippen molar-refractivity contribution in [1.82, 2.24) is 0 Å². The third kappa shape index (κ3) is 1.68. The molecular weight excluding hydrogens is 188 g/mol. The van der Waals surface area contributed by atoms with Crippen LogP contribution in [-0.2, 0) is 10.3 Å². The summed E-state index contributed by atoms with van der Waals surface area (Å²) < 4.78 is 5.60. The minimum atomic E-state index is -0.216. The van der Waals surface area contributed by atoms with Gasteiger partial charge in [-0.3, -0.25) is 0 Å². The Hall–Kier alpha value is -0.860. The van der Waals surface area contributed by atoms with Gasteiger partial charge in [-0.25, -0.2) is 0 Å². The largest absolute Gasteiger partial charge is 0.396 e. The fraction of sp³-hybridized carbons (Fsp3) is 0.538. The second kappa shape index (κ2) is 3.62. The summed E-state index contributed by atoms with van der Waals surface area (Å²) in [6, 6.07) is 6.41. The molecule has 2 atom stereocenters. The highest BCUT2D eigenvalue weighted by atomic mass is 16.6. The van der Waals surface area contributed by atoms with Crippen LogP contribution in [0.15, 0.2) is 18.2 Å². The zero-order chi connectivity index (χ0) is 11.1. The first-order chi connectivity index (χ1) is 7.10. The van der Waals surface area contributed by atoms with Gasteiger partial charge in [-0.05, 0) is 25.0 Å². The standard InChI is InChI=1S/C13H18O2/c1-9-4-5-12(10(2)6-9)13(8-15-13)11(3)7-14/h4-6,11,14H,7-8H2,1-3H3/t11-,13+/m0/s1. The monoisotopic (exact) mass is 206 g/mol. The SMILES string of the molecule is Cc1ccc([C@]2([C@@H](C)CO)CO2)c(C)c1. The maximum Gasteiger partial charge on any atom is 0.121 e. The van der Waals surface area contributed by atoms with E-state index in [-0.39, 0.29) is 18.1 Å². The maximum absolute atomic E-state index is 9.24. The van der Waals surface area contributed by atoms with Gasteiger partial charge < -0.3 is 9.84 Å². The van der Waals surface area contributed by atoms with E-state index in [1.807, 2.05) is 6.92 Å². The molecule has 0 amide bonds.